The third kappa shape index (κ3) is 7.11. The lowest BCUT2D eigenvalue weighted by Crippen LogP contribution is -2.46. The number of halogens is 1. The number of rotatable bonds is 9. The van der Waals surface area contributed by atoms with E-state index in [0.29, 0.717) is 30.2 Å². The molecule has 1 saturated carbocycles. The number of amides is 1. The quantitative estimate of drug-likeness (QED) is 0.572. The first-order valence-electron chi connectivity index (χ1n) is 10.2. The van der Waals surface area contributed by atoms with Crippen LogP contribution in [0.5, 0.6) is 0 Å². The SMILES string of the molecule is C=C(N[C@@H](CC(C)C)CN(Cl)C(=O)[C@@H]1C[C@H](C)CC[C@H]1C(C)C)[C@@H](C)N. The molecule has 4 nitrogen and oxygen atoms in total. The highest BCUT2D eigenvalue weighted by molar-refractivity contribution is 6.21. The Balaban J connectivity index is 2.80. The Labute approximate surface area is 166 Å². The van der Waals surface area contributed by atoms with Crippen LogP contribution in [0.1, 0.15) is 67.2 Å². The van der Waals surface area contributed by atoms with E-state index >= 15 is 0 Å². The van der Waals surface area contributed by atoms with E-state index in [9.17, 15) is 4.79 Å². The van der Waals surface area contributed by atoms with Crippen molar-refractivity contribution in [2.24, 2.45) is 35.3 Å². The molecule has 3 N–H and O–H groups in total. The van der Waals surface area contributed by atoms with Crippen molar-refractivity contribution in [1.82, 2.24) is 9.74 Å². The van der Waals surface area contributed by atoms with Crippen molar-refractivity contribution in [2.45, 2.75) is 79.3 Å². The Kier molecular flexibility index (Phi) is 9.46. The summed E-state index contributed by atoms with van der Waals surface area (Å²) in [6, 6.07) is -0.0675. The van der Waals surface area contributed by atoms with Gasteiger partial charge >= 0.3 is 0 Å². The van der Waals surface area contributed by atoms with E-state index in [-0.39, 0.29) is 23.9 Å². The Bertz CT molecular complexity index is 464. The predicted molar refractivity (Wildman–Crippen MR) is 112 cm³/mol. The molecule has 1 aliphatic rings. The second-order valence-corrected chi connectivity index (χ2v) is 9.51. The first kappa shape index (κ1) is 23.3. The molecule has 0 aliphatic heterocycles. The molecule has 1 aliphatic carbocycles. The molecule has 0 saturated heterocycles. The van der Waals surface area contributed by atoms with Crippen molar-refractivity contribution in [3.8, 4) is 0 Å². The normalized spacial score (nSPS) is 25.8. The van der Waals surface area contributed by atoms with Crippen molar-refractivity contribution >= 4 is 17.7 Å². The Hall–Kier alpha value is -0.740. The number of carbonyl (C=O) groups is 1. The number of hydrogen-bond acceptors (Lipinski definition) is 3. The van der Waals surface area contributed by atoms with Gasteiger partial charge in [-0.2, -0.15) is 0 Å². The van der Waals surface area contributed by atoms with Crippen LogP contribution in [0.15, 0.2) is 12.3 Å². The molecular formula is C21H40ClN3O. The van der Waals surface area contributed by atoms with Gasteiger partial charge in [0.2, 0.25) is 5.91 Å². The lowest BCUT2D eigenvalue weighted by atomic mass is 9.70. The van der Waals surface area contributed by atoms with Crippen LogP contribution in [0.4, 0.5) is 0 Å². The molecule has 0 unspecified atom stereocenters. The highest BCUT2D eigenvalue weighted by Gasteiger charge is 2.37. The van der Waals surface area contributed by atoms with Gasteiger partial charge in [0.15, 0.2) is 0 Å². The summed E-state index contributed by atoms with van der Waals surface area (Å²) in [4.78, 5) is 13.1. The summed E-state index contributed by atoms with van der Waals surface area (Å²) in [7, 11) is 0. The summed E-state index contributed by atoms with van der Waals surface area (Å²) in [5.74, 6) is 2.13. The molecule has 26 heavy (non-hydrogen) atoms. The molecule has 0 aromatic heterocycles. The number of hydrogen-bond donors (Lipinski definition) is 2. The molecule has 0 bridgehead atoms. The number of carbonyl (C=O) groups excluding carboxylic acids is 1. The van der Waals surface area contributed by atoms with E-state index in [1.165, 1.54) is 10.8 Å². The Morgan fingerprint density at radius 1 is 1.27 bits per heavy atom. The minimum Gasteiger partial charge on any atom is -0.383 e. The second-order valence-electron chi connectivity index (χ2n) is 9.10. The first-order valence-corrected chi connectivity index (χ1v) is 10.5. The van der Waals surface area contributed by atoms with Crippen LogP contribution in [0.2, 0.25) is 0 Å². The van der Waals surface area contributed by atoms with Gasteiger partial charge in [-0.1, -0.05) is 47.6 Å². The third-order valence-corrected chi connectivity index (χ3v) is 5.96. The largest absolute Gasteiger partial charge is 0.383 e. The summed E-state index contributed by atoms with van der Waals surface area (Å²) in [6.07, 6.45) is 4.19. The summed E-state index contributed by atoms with van der Waals surface area (Å²) in [5, 5.41) is 3.38. The molecular weight excluding hydrogens is 346 g/mol. The van der Waals surface area contributed by atoms with Crippen LogP contribution in [-0.4, -0.2) is 29.0 Å². The molecule has 0 aromatic rings. The topological polar surface area (TPSA) is 58.4 Å². The maximum atomic E-state index is 13.1. The van der Waals surface area contributed by atoms with Gasteiger partial charge in [-0.05, 0) is 49.9 Å². The average Bonchev–Trinajstić information content (AvgIpc) is 2.52. The number of nitrogens with two attached hydrogens (primary N) is 1. The first-order chi connectivity index (χ1) is 12.0. The minimum atomic E-state index is -0.131. The highest BCUT2D eigenvalue weighted by atomic mass is 35.5. The van der Waals surface area contributed by atoms with Crippen molar-refractivity contribution in [2.75, 3.05) is 6.54 Å². The molecule has 152 valence electrons. The summed E-state index contributed by atoms with van der Waals surface area (Å²) in [5.41, 5.74) is 6.70. The van der Waals surface area contributed by atoms with Gasteiger partial charge < -0.3 is 11.1 Å². The van der Waals surface area contributed by atoms with Gasteiger partial charge in [-0.3, -0.25) is 9.21 Å². The summed E-state index contributed by atoms with van der Waals surface area (Å²) >= 11 is 6.51. The molecule has 0 spiro atoms. The molecule has 1 amide bonds. The molecule has 0 heterocycles. The zero-order chi connectivity index (χ0) is 20.0. The average molecular weight is 386 g/mol. The molecule has 0 radical (unpaired) electrons. The van der Waals surface area contributed by atoms with E-state index < -0.39 is 0 Å². The molecule has 5 atom stereocenters. The van der Waals surface area contributed by atoms with Crippen LogP contribution >= 0.6 is 11.8 Å². The van der Waals surface area contributed by atoms with Gasteiger partial charge in [0.25, 0.3) is 0 Å². The van der Waals surface area contributed by atoms with Crippen LogP contribution < -0.4 is 11.1 Å². The monoisotopic (exact) mass is 385 g/mol. The van der Waals surface area contributed by atoms with Crippen LogP contribution in [0.25, 0.3) is 0 Å². The highest BCUT2D eigenvalue weighted by Crippen LogP contribution is 2.39. The van der Waals surface area contributed by atoms with E-state index in [1.54, 1.807) is 0 Å². The smallest absolute Gasteiger partial charge is 0.240 e. The fraction of sp³-hybridized carbons (Fsp3) is 0.857. The van der Waals surface area contributed by atoms with E-state index in [4.69, 9.17) is 17.5 Å². The van der Waals surface area contributed by atoms with Gasteiger partial charge in [-0.25, -0.2) is 0 Å². The van der Waals surface area contributed by atoms with Gasteiger partial charge in [-0.15, -0.1) is 0 Å². The van der Waals surface area contributed by atoms with Crippen molar-refractivity contribution < 1.29 is 4.79 Å². The fourth-order valence-corrected chi connectivity index (χ4v) is 4.38. The lowest BCUT2D eigenvalue weighted by Gasteiger charge is -2.38. The molecule has 0 aromatic carbocycles. The van der Waals surface area contributed by atoms with Crippen molar-refractivity contribution in [3.05, 3.63) is 12.3 Å². The summed E-state index contributed by atoms with van der Waals surface area (Å²) < 4.78 is 1.42. The standard InChI is InChI=1S/C21H40ClN3O/c1-13(2)10-18(24-17(7)16(6)23)12-25(22)21(26)20-11-15(5)8-9-19(20)14(3)4/h13-16,18-20,24H,7-12,23H2,1-6H3/t15-,16-,18+,19+,20-/m1/s1. The van der Waals surface area contributed by atoms with Crippen LogP contribution in [0.3, 0.4) is 0 Å². The van der Waals surface area contributed by atoms with Crippen LogP contribution in [0, 0.1) is 29.6 Å². The fourth-order valence-electron chi connectivity index (χ4n) is 4.09. The summed E-state index contributed by atoms with van der Waals surface area (Å²) in [6.45, 7) is 17.4. The predicted octanol–water partition coefficient (Wildman–Crippen LogP) is 4.54. The van der Waals surface area contributed by atoms with E-state index in [2.05, 4.69) is 46.5 Å². The minimum absolute atomic E-state index is 0.0348. The zero-order valence-electron chi connectivity index (χ0n) is 17.6. The van der Waals surface area contributed by atoms with Crippen LogP contribution in [-0.2, 0) is 4.79 Å². The second kappa shape index (κ2) is 10.6. The van der Waals surface area contributed by atoms with Gasteiger partial charge in [0, 0.05) is 35.5 Å². The van der Waals surface area contributed by atoms with Gasteiger partial charge in [0.05, 0.1) is 6.54 Å². The molecule has 1 fully saturated rings. The van der Waals surface area contributed by atoms with Gasteiger partial charge in [0.1, 0.15) is 0 Å². The lowest BCUT2D eigenvalue weighted by molar-refractivity contribution is -0.135. The maximum Gasteiger partial charge on any atom is 0.240 e. The number of nitrogens with one attached hydrogen (secondary N) is 1. The maximum absolute atomic E-state index is 13.1. The van der Waals surface area contributed by atoms with E-state index in [0.717, 1.165) is 25.0 Å². The van der Waals surface area contributed by atoms with Crippen molar-refractivity contribution in [3.63, 3.8) is 0 Å². The zero-order valence-corrected chi connectivity index (χ0v) is 18.4. The molecule has 1 rings (SSSR count). The Morgan fingerprint density at radius 2 is 1.88 bits per heavy atom. The Morgan fingerprint density at radius 3 is 2.38 bits per heavy atom. The van der Waals surface area contributed by atoms with Crippen molar-refractivity contribution in [1.29, 1.82) is 0 Å². The third-order valence-electron chi connectivity index (χ3n) is 5.65. The number of nitrogens with zero attached hydrogens (tertiary/aromatic N) is 1. The molecule has 5 heteroatoms. The van der Waals surface area contributed by atoms with E-state index in [1.807, 2.05) is 6.92 Å².